The summed E-state index contributed by atoms with van der Waals surface area (Å²) >= 11 is 7.52. The predicted octanol–water partition coefficient (Wildman–Crippen LogP) is 5.90. The molecule has 0 bridgehead atoms. The van der Waals surface area contributed by atoms with Gasteiger partial charge in [-0.3, -0.25) is 9.59 Å². The van der Waals surface area contributed by atoms with E-state index in [1.54, 1.807) is 12.1 Å². The van der Waals surface area contributed by atoms with Gasteiger partial charge in [-0.15, -0.1) is 11.8 Å². The number of rotatable bonds is 8. The van der Waals surface area contributed by atoms with Gasteiger partial charge < -0.3 is 10.6 Å². The quantitative estimate of drug-likeness (QED) is 0.538. The third kappa shape index (κ3) is 6.60. The Bertz CT molecular complexity index is 811. The Morgan fingerprint density at radius 3 is 2.59 bits per heavy atom. The second-order valence-corrected chi connectivity index (χ2v) is 8.00. The molecule has 2 rings (SSSR count). The minimum Gasteiger partial charge on any atom is -0.326 e. The van der Waals surface area contributed by atoms with Gasteiger partial charge in [0.05, 0.1) is 5.25 Å². The monoisotopic (exact) mass is 404 g/mol. The van der Waals surface area contributed by atoms with E-state index in [2.05, 4.69) is 10.6 Å². The van der Waals surface area contributed by atoms with Crippen LogP contribution < -0.4 is 10.6 Å². The number of carbonyl (C=O) groups excluding carboxylic acids is 2. The molecule has 2 N–H and O–H groups in total. The molecular formula is C21H25ClN2O2S. The Morgan fingerprint density at radius 1 is 1.11 bits per heavy atom. The highest BCUT2D eigenvalue weighted by Crippen LogP contribution is 2.29. The van der Waals surface area contributed by atoms with Crippen molar-refractivity contribution in [1.82, 2.24) is 0 Å². The highest BCUT2D eigenvalue weighted by Gasteiger charge is 2.19. The van der Waals surface area contributed by atoms with E-state index >= 15 is 0 Å². The Morgan fingerprint density at radius 2 is 1.89 bits per heavy atom. The van der Waals surface area contributed by atoms with Crippen LogP contribution in [0.4, 0.5) is 11.4 Å². The van der Waals surface area contributed by atoms with Crippen LogP contribution in [-0.4, -0.2) is 17.1 Å². The van der Waals surface area contributed by atoms with E-state index in [4.69, 9.17) is 11.6 Å². The molecule has 0 saturated heterocycles. The highest BCUT2D eigenvalue weighted by atomic mass is 35.5. The van der Waals surface area contributed by atoms with Crippen molar-refractivity contribution in [3.05, 3.63) is 53.1 Å². The molecule has 0 spiro atoms. The maximum Gasteiger partial charge on any atom is 0.237 e. The average molecular weight is 405 g/mol. The third-order valence-corrected chi connectivity index (χ3v) is 5.59. The van der Waals surface area contributed by atoms with Gasteiger partial charge >= 0.3 is 0 Å². The van der Waals surface area contributed by atoms with Crippen molar-refractivity contribution >= 4 is 46.6 Å². The summed E-state index contributed by atoms with van der Waals surface area (Å²) in [5.41, 5.74) is 2.44. The van der Waals surface area contributed by atoms with Gasteiger partial charge in [-0.2, -0.15) is 0 Å². The average Bonchev–Trinajstić information content (AvgIpc) is 2.63. The Kier molecular flexibility index (Phi) is 8.20. The van der Waals surface area contributed by atoms with Crippen LogP contribution in [0.2, 0.25) is 5.02 Å². The molecule has 2 amide bonds. The van der Waals surface area contributed by atoms with E-state index in [9.17, 15) is 9.59 Å². The lowest BCUT2D eigenvalue weighted by molar-refractivity contribution is -0.116. The molecule has 4 nitrogen and oxygen atoms in total. The van der Waals surface area contributed by atoms with Crippen LogP contribution >= 0.6 is 23.4 Å². The topological polar surface area (TPSA) is 58.2 Å². The summed E-state index contributed by atoms with van der Waals surface area (Å²) in [6, 6.07) is 13.0. The summed E-state index contributed by atoms with van der Waals surface area (Å²) in [4.78, 5) is 25.4. The molecule has 27 heavy (non-hydrogen) atoms. The molecule has 2 aromatic carbocycles. The van der Waals surface area contributed by atoms with Crippen LogP contribution in [0, 0.1) is 6.92 Å². The maximum absolute atomic E-state index is 12.7. The molecule has 0 aliphatic heterocycles. The number of hydrogen-bond donors (Lipinski definition) is 2. The zero-order valence-corrected chi connectivity index (χ0v) is 17.4. The molecule has 144 valence electrons. The van der Waals surface area contributed by atoms with Crippen LogP contribution in [0.25, 0.3) is 0 Å². The van der Waals surface area contributed by atoms with Crippen molar-refractivity contribution in [2.24, 2.45) is 0 Å². The molecule has 0 heterocycles. The minimum absolute atomic E-state index is 0.000802. The van der Waals surface area contributed by atoms with E-state index in [0.29, 0.717) is 17.9 Å². The standard InChI is InChI=1S/C21H25ClN2O2S/c1-4-7-20(25)23-16-8-6-9-17(13-16)27-19(5-2)21(26)24-18-12-15(22)11-10-14(18)3/h6,8-13,19H,4-5,7H2,1-3H3,(H,23,25)(H,24,26). The van der Waals surface area contributed by atoms with E-state index in [1.165, 1.54) is 11.8 Å². The molecule has 0 saturated carbocycles. The fourth-order valence-electron chi connectivity index (χ4n) is 2.53. The normalized spacial score (nSPS) is 11.7. The molecule has 2 aromatic rings. The number of carbonyl (C=O) groups is 2. The smallest absolute Gasteiger partial charge is 0.237 e. The molecule has 0 radical (unpaired) electrons. The zero-order valence-electron chi connectivity index (χ0n) is 15.8. The van der Waals surface area contributed by atoms with Gasteiger partial charge in [-0.1, -0.05) is 37.6 Å². The van der Waals surface area contributed by atoms with Crippen molar-refractivity contribution < 1.29 is 9.59 Å². The third-order valence-electron chi connectivity index (χ3n) is 3.99. The molecular weight excluding hydrogens is 380 g/mol. The first kappa shape index (κ1) is 21.3. The van der Waals surface area contributed by atoms with Gasteiger partial charge in [0.15, 0.2) is 0 Å². The summed E-state index contributed by atoms with van der Waals surface area (Å²) in [5.74, 6) is -0.0610. The van der Waals surface area contributed by atoms with Gasteiger partial charge in [0.1, 0.15) is 0 Å². The van der Waals surface area contributed by atoms with Crippen LogP contribution in [0.5, 0.6) is 0 Å². The van der Waals surface area contributed by atoms with Crippen molar-refractivity contribution in [2.45, 2.75) is 50.2 Å². The Hall–Kier alpha value is -1.98. The minimum atomic E-state index is -0.245. The largest absolute Gasteiger partial charge is 0.326 e. The number of aryl methyl sites for hydroxylation is 1. The van der Waals surface area contributed by atoms with Crippen molar-refractivity contribution in [1.29, 1.82) is 0 Å². The number of anilines is 2. The van der Waals surface area contributed by atoms with E-state index in [1.807, 2.05) is 51.1 Å². The van der Waals surface area contributed by atoms with Gasteiger partial charge in [-0.05, 0) is 55.7 Å². The highest BCUT2D eigenvalue weighted by molar-refractivity contribution is 8.00. The molecule has 0 aliphatic rings. The van der Waals surface area contributed by atoms with Crippen LogP contribution in [0.3, 0.4) is 0 Å². The fraction of sp³-hybridized carbons (Fsp3) is 0.333. The van der Waals surface area contributed by atoms with E-state index < -0.39 is 0 Å². The lowest BCUT2D eigenvalue weighted by Crippen LogP contribution is -2.25. The SMILES string of the molecule is CCCC(=O)Nc1cccc(SC(CC)C(=O)Nc2cc(Cl)ccc2C)c1. The van der Waals surface area contributed by atoms with E-state index in [0.717, 1.165) is 28.3 Å². The fourth-order valence-corrected chi connectivity index (χ4v) is 3.71. The summed E-state index contributed by atoms with van der Waals surface area (Å²) in [5, 5.41) is 6.21. The van der Waals surface area contributed by atoms with Crippen LogP contribution in [-0.2, 0) is 9.59 Å². The first-order valence-electron chi connectivity index (χ1n) is 9.06. The number of thioether (sulfide) groups is 1. The lowest BCUT2D eigenvalue weighted by Gasteiger charge is -2.16. The summed E-state index contributed by atoms with van der Waals surface area (Å²) in [7, 11) is 0. The van der Waals surface area contributed by atoms with Gasteiger partial charge in [0, 0.05) is 27.7 Å². The van der Waals surface area contributed by atoms with Gasteiger partial charge in [-0.25, -0.2) is 0 Å². The lowest BCUT2D eigenvalue weighted by atomic mass is 10.2. The molecule has 1 atom stereocenters. The number of benzene rings is 2. The number of nitrogens with one attached hydrogen (secondary N) is 2. The molecule has 0 aliphatic carbocycles. The van der Waals surface area contributed by atoms with Gasteiger partial charge in [0.25, 0.3) is 0 Å². The Balaban J connectivity index is 2.06. The number of halogens is 1. The molecule has 0 fully saturated rings. The van der Waals surface area contributed by atoms with Crippen LogP contribution in [0.15, 0.2) is 47.4 Å². The summed E-state index contributed by atoms with van der Waals surface area (Å²) < 4.78 is 0. The summed E-state index contributed by atoms with van der Waals surface area (Å²) in [6.45, 7) is 5.88. The first-order valence-corrected chi connectivity index (χ1v) is 10.3. The predicted molar refractivity (Wildman–Crippen MR) is 115 cm³/mol. The van der Waals surface area contributed by atoms with Crippen molar-refractivity contribution in [3.63, 3.8) is 0 Å². The molecule has 6 heteroatoms. The number of hydrogen-bond acceptors (Lipinski definition) is 3. The molecule has 1 unspecified atom stereocenters. The molecule has 0 aromatic heterocycles. The van der Waals surface area contributed by atoms with Gasteiger partial charge in [0.2, 0.25) is 11.8 Å². The second kappa shape index (κ2) is 10.4. The number of amides is 2. The van der Waals surface area contributed by atoms with E-state index in [-0.39, 0.29) is 17.1 Å². The maximum atomic E-state index is 12.7. The summed E-state index contributed by atoms with van der Waals surface area (Å²) in [6.07, 6.45) is 1.99. The first-order chi connectivity index (χ1) is 12.9. The van der Waals surface area contributed by atoms with Crippen molar-refractivity contribution in [2.75, 3.05) is 10.6 Å². The Labute approximate surface area is 170 Å². The van der Waals surface area contributed by atoms with Crippen molar-refractivity contribution in [3.8, 4) is 0 Å². The zero-order chi connectivity index (χ0) is 19.8. The second-order valence-electron chi connectivity index (χ2n) is 6.29. The van der Waals surface area contributed by atoms with Crippen LogP contribution in [0.1, 0.15) is 38.7 Å².